The van der Waals surface area contributed by atoms with Crippen molar-refractivity contribution in [3.63, 3.8) is 0 Å². The van der Waals surface area contributed by atoms with Gasteiger partial charge in [-0.05, 0) is 50.5 Å². The van der Waals surface area contributed by atoms with Crippen LogP contribution >= 0.6 is 0 Å². The summed E-state index contributed by atoms with van der Waals surface area (Å²) in [6.45, 7) is 1.67. The third-order valence-electron chi connectivity index (χ3n) is 7.09. The summed E-state index contributed by atoms with van der Waals surface area (Å²) in [5.41, 5.74) is 1.03. The second-order valence-corrected chi connectivity index (χ2v) is 8.88. The van der Waals surface area contributed by atoms with Crippen LogP contribution in [0, 0.1) is 5.41 Å². The average Bonchev–Trinajstić information content (AvgIpc) is 3.26. The molecule has 0 unspecified atom stereocenters. The van der Waals surface area contributed by atoms with Crippen molar-refractivity contribution in [3.05, 3.63) is 35.9 Å². The molecule has 2 amide bonds. The fourth-order valence-electron chi connectivity index (χ4n) is 5.73. The van der Waals surface area contributed by atoms with Crippen LogP contribution in [0.1, 0.15) is 56.9 Å². The average molecular weight is 385 g/mol. The topological polar surface area (TPSA) is 60.9 Å². The number of carbonyl (C=O) groups is 2. The summed E-state index contributed by atoms with van der Waals surface area (Å²) in [5.74, 6) is 0.447. The van der Waals surface area contributed by atoms with Gasteiger partial charge in [0.05, 0.1) is 6.61 Å². The van der Waals surface area contributed by atoms with Gasteiger partial charge < -0.3 is 14.9 Å². The van der Waals surface area contributed by atoms with E-state index in [9.17, 15) is 14.7 Å². The molecule has 0 aromatic heterocycles. The number of fused-ring (bicyclic) bond motifs is 2. The number of nitrogens with zero attached hydrogens (tertiary/aromatic N) is 2. The molecule has 5 nitrogen and oxygen atoms in total. The van der Waals surface area contributed by atoms with Crippen molar-refractivity contribution >= 4 is 11.8 Å². The van der Waals surface area contributed by atoms with Crippen molar-refractivity contribution in [2.75, 3.05) is 19.7 Å². The molecule has 152 valence electrons. The van der Waals surface area contributed by atoms with E-state index in [2.05, 4.69) is 17.0 Å². The SMILES string of the molecule is O=C1CCCCN1CCCC(=O)N1[C@H]2CC[C@@H]1[C@@](CO)(Cc1ccccc1)C2. The molecule has 3 heterocycles. The number of aliphatic hydroxyl groups is 1. The number of rotatable bonds is 7. The Morgan fingerprint density at radius 2 is 2.00 bits per heavy atom. The predicted molar refractivity (Wildman–Crippen MR) is 108 cm³/mol. The Hall–Kier alpha value is -1.88. The van der Waals surface area contributed by atoms with Gasteiger partial charge in [-0.3, -0.25) is 9.59 Å². The highest BCUT2D eigenvalue weighted by atomic mass is 16.3. The van der Waals surface area contributed by atoms with E-state index < -0.39 is 0 Å². The number of piperidine rings is 1. The quantitative estimate of drug-likeness (QED) is 0.786. The Balaban J connectivity index is 1.37. The summed E-state index contributed by atoms with van der Waals surface area (Å²) in [6.07, 6.45) is 7.76. The van der Waals surface area contributed by atoms with Gasteiger partial charge in [-0.25, -0.2) is 0 Å². The zero-order valence-electron chi connectivity index (χ0n) is 16.7. The van der Waals surface area contributed by atoms with E-state index in [4.69, 9.17) is 0 Å². The van der Waals surface area contributed by atoms with Crippen molar-refractivity contribution in [2.24, 2.45) is 5.41 Å². The molecule has 3 fully saturated rings. The largest absolute Gasteiger partial charge is 0.396 e. The van der Waals surface area contributed by atoms with Crippen molar-refractivity contribution in [3.8, 4) is 0 Å². The highest BCUT2D eigenvalue weighted by Gasteiger charge is 2.56. The molecule has 0 radical (unpaired) electrons. The number of likely N-dealkylation sites (tertiary alicyclic amines) is 1. The Kier molecular flexibility index (Phi) is 5.72. The van der Waals surface area contributed by atoms with Crippen LogP contribution in [0.3, 0.4) is 0 Å². The lowest BCUT2D eigenvalue weighted by Gasteiger charge is -2.36. The molecule has 1 aromatic carbocycles. The maximum atomic E-state index is 13.0. The van der Waals surface area contributed by atoms with Crippen LogP contribution in [0.5, 0.6) is 0 Å². The number of hydrogen-bond donors (Lipinski definition) is 1. The van der Waals surface area contributed by atoms with E-state index in [-0.39, 0.29) is 35.9 Å². The molecule has 3 atom stereocenters. The van der Waals surface area contributed by atoms with Crippen LogP contribution in [-0.4, -0.2) is 58.5 Å². The first kappa shape index (κ1) is 19.4. The lowest BCUT2D eigenvalue weighted by atomic mass is 9.70. The van der Waals surface area contributed by atoms with E-state index in [0.29, 0.717) is 19.4 Å². The second kappa shape index (κ2) is 8.24. The molecule has 0 spiro atoms. The molecule has 28 heavy (non-hydrogen) atoms. The van der Waals surface area contributed by atoms with E-state index in [1.165, 1.54) is 5.56 Å². The number of amides is 2. The van der Waals surface area contributed by atoms with Gasteiger partial charge in [0, 0.05) is 43.4 Å². The third-order valence-corrected chi connectivity index (χ3v) is 7.09. The summed E-state index contributed by atoms with van der Waals surface area (Å²) in [7, 11) is 0. The molecule has 2 bridgehead atoms. The van der Waals surface area contributed by atoms with Crippen LogP contribution in [0.25, 0.3) is 0 Å². The van der Waals surface area contributed by atoms with Crippen LogP contribution in [0.2, 0.25) is 0 Å². The molecule has 5 heteroatoms. The van der Waals surface area contributed by atoms with E-state index in [1.807, 2.05) is 23.1 Å². The number of hydrogen-bond acceptors (Lipinski definition) is 3. The lowest BCUT2D eigenvalue weighted by molar-refractivity contribution is -0.136. The summed E-state index contributed by atoms with van der Waals surface area (Å²) in [5, 5.41) is 10.3. The maximum absolute atomic E-state index is 13.0. The molecular weight excluding hydrogens is 352 g/mol. The Bertz CT molecular complexity index is 707. The van der Waals surface area contributed by atoms with Crippen molar-refractivity contribution < 1.29 is 14.7 Å². The normalized spacial score (nSPS) is 29.5. The first-order valence-corrected chi connectivity index (χ1v) is 10.9. The van der Waals surface area contributed by atoms with Gasteiger partial charge in [0.15, 0.2) is 0 Å². The molecule has 1 aromatic rings. The van der Waals surface area contributed by atoms with Crippen LogP contribution in [-0.2, 0) is 16.0 Å². The fraction of sp³-hybridized carbons (Fsp3) is 0.652. The number of aliphatic hydroxyl groups excluding tert-OH is 1. The van der Waals surface area contributed by atoms with Crippen LogP contribution < -0.4 is 0 Å². The van der Waals surface area contributed by atoms with Gasteiger partial charge in [0.1, 0.15) is 0 Å². The highest BCUT2D eigenvalue weighted by molar-refractivity contribution is 5.78. The molecule has 0 saturated carbocycles. The monoisotopic (exact) mass is 384 g/mol. The Morgan fingerprint density at radius 1 is 1.18 bits per heavy atom. The minimum absolute atomic E-state index is 0.134. The second-order valence-electron chi connectivity index (χ2n) is 8.88. The van der Waals surface area contributed by atoms with Gasteiger partial charge in [-0.1, -0.05) is 30.3 Å². The van der Waals surface area contributed by atoms with Crippen LogP contribution in [0.4, 0.5) is 0 Å². The zero-order chi connectivity index (χ0) is 19.6. The minimum atomic E-state index is -0.206. The molecule has 3 aliphatic heterocycles. The summed E-state index contributed by atoms with van der Waals surface area (Å²) < 4.78 is 0. The Labute approximate surface area is 167 Å². The Morgan fingerprint density at radius 3 is 2.75 bits per heavy atom. The molecule has 3 aliphatic rings. The molecule has 0 aliphatic carbocycles. The smallest absolute Gasteiger partial charge is 0.223 e. The minimum Gasteiger partial charge on any atom is -0.396 e. The molecule has 3 saturated heterocycles. The predicted octanol–water partition coefficient (Wildman–Crippen LogP) is 2.76. The summed E-state index contributed by atoms with van der Waals surface area (Å²) in [6, 6.07) is 10.7. The molecule has 1 N–H and O–H groups in total. The first-order valence-electron chi connectivity index (χ1n) is 10.9. The maximum Gasteiger partial charge on any atom is 0.223 e. The van der Waals surface area contributed by atoms with Crippen molar-refractivity contribution in [2.45, 2.75) is 69.9 Å². The van der Waals surface area contributed by atoms with Crippen LogP contribution in [0.15, 0.2) is 30.3 Å². The first-order chi connectivity index (χ1) is 13.6. The van der Waals surface area contributed by atoms with E-state index in [1.54, 1.807) is 0 Å². The van der Waals surface area contributed by atoms with Gasteiger partial charge >= 0.3 is 0 Å². The lowest BCUT2D eigenvalue weighted by Crippen LogP contribution is -2.44. The van der Waals surface area contributed by atoms with Gasteiger partial charge in [-0.15, -0.1) is 0 Å². The molecular formula is C23H32N2O3. The van der Waals surface area contributed by atoms with Gasteiger partial charge in [0.25, 0.3) is 0 Å². The van der Waals surface area contributed by atoms with E-state index >= 15 is 0 Å². The zero-order valence-corrected chi connectivity index (χ0v) is 16.7. The number of carbonyl (C=O) groups excluding carboxylic acids is 2. The fourth-order valence-corrected chi connectivity index (χ4v) is 5.73. The standard InChI is InChI=1S/C23H32N2O3/c26-17-23(15-18-7-2-1-3-8-18)16-19-11-12-20(23)25(19)22(28)10-6-14-24-13-5-4-9-21(24)27/h1-3,7-8,19-20,26H,4-6,9-17H2/t19-,20+,23-/m0/s1. The van der Waals surface area contributed by atoms with Gasteiger partial charge in [0.2, 0.25) is 11.8 Å². The third kappa shape index (κ3) is 3.69. The highest BCUT2D eigenvalue weighted by Crippen LogP contribution is 2.51. The summed E-state index contributed by atoms with van der Waals surface area (Å²) >= 11 is 0. The summed E-state index contributed by atoms with van der Waals surface area (Å²) in [4.78, 5) is 29.0. The number of benzene rings is 1. The van der Waals surface area contributed by atoms with Gasteiger partial charge in [-0.2, -0.15) is 0 Å². The molecule has 4 rings (SSSR count). The van der Waals surface area contributed by atoms with Crippen molar-refractivity contribution in [1.29, 1.82) is 0 Å². The van der Waals surface area contributed by atoms with E-state index in [0.717, 1.165) is 51.5 Å². The van der Waals surface area contributed by atoms with Crippen molar-refractivity contribution in [1.82, 2.24) is 9.80 Å².